The highest BCUT2D eigenvalue weighted by Gasteiger charge is 2.35. The number of fused-ring (bicyclic) bond motifs is 2. The van der Waals surface area contributed by atoms with E-state index in [0.29, 0.717) is 17.5 Å². The number of carbonyl (C=O) groups excluding carboxylic acids is 3. The lowest BCUT2D eigenvalue weighted by molar-refractivity contribution is 0.0886. The third-order valence-electron chi connectivity index (χ3n) is 5.12. The standard InChI is InChI=1S/C20H16O5/c21-13-3-1-2-11-10(4-6-14(22)18(11)13)12-5-7-16(24)20-17(25)9-8-15(23)19(12)20/h1-3,5,7,10,21,24H,4,6,8-9H2/t10-/m1/s1. The van der Waals surface area contributed by atoms with E-state index < -0.39 is 0 Å². The number of phenolic OH excluding ortho intramolecular Hbond substituents is 2. The van der Waals surface area contributed by atoms with Crippen LogP contribution in [0.1, 0.15) is 73.8 Å². The van der Waals surface area contributed by atoms with Crippen molar-refractivity contribution in [3.8, 4) is 11.5 Å². The molecule has 2 aliphatic carbocycles. The van der Waals surface area contributed by atoms with E-state index >= 15 is 0 Å². The van der Waals surface area contributed by atoms with Crippen molar-refractivity contribution in [2.45, 2.75) is 31.6 Å². The number of ketones is 3. The molecule has 0 amide bonds. The van der Waals surface area contributed by atoms with E-state index in [2.05, 4.69) is 0 Å². The van der Waals surface area contributed by atoms with Crippen molar-refractivity contribution in [2.75, 3.05) is 0 Å². The normalized spacial score (nSPS) is 19.5. The van der Waals surface area contributed by atoms with Crippen molar-refractivity contribution in [2.24, 2.45) is 0 Å². The Bertz CT molecular complexity index is 941. The smallest absolute Gasteiger partial charge is 0.167 e. The van der Waals surface area contributed by atoms with E-state index in [4.69, 9.17) is 0 Å². The van der Waals surface area contributed by atoms with Gasteiger partial charge in [0.2, 0.25) is 0 Å². The van der Waals surface area contributed by atoms with E-state index in [1.54, 1.807) is 18.2 Å². The van der Waals surface area contributed by atoms with Crippen molar-refractivity contribution < 1.29 is 24.6 Å². The zero-order valence-corrected chi connectivity index (χ0v) is 13.4. The number of hydrogen-bond acceptors (Lipinski definition) is 5. The van der Waals surface area contributed by atoms with Crippen LogP contribution in [0.3, 0.4) is 0 Å². The molecule has 0 radical (unpaired) electrons. The number of carbonyl (C=O) groups is 3. The van der Waals surface area contributed by atoms with Gasteiger partial charge in [-0.05, 0) is 29.7 Å². The summed E-state index contributed by atoms with van der Waals surface area (Å²) in [5.74, 6) is -1.05. The molecule has 4 rings (SSSR count). The Labute approximate surface area is 143 Å². The highest BCUT2D eigenvalue weighted by molar-refractivity contribution is 6.16. The molecule has 0 saturated carbocycles. The molecule has 5 heteroatoms. The highest BCUT2D eigenvalue weighted by Crippen LogP contribution is 2.44. The minimum absolute atomic E-state index is 0.0674. The lowest BCUT2D eigenvalue weighted by Gasteiger charge is -2.29. The topological polar surface area (TPSA) is 91.7 Å². The molecule has 0 spiro atoms. The van der Waals surface area contributed by atoms with Gasteiger partial charge in [-0.3, -0.25) is 14.4 Å². The fourth-order valence-electron chi connectivity index (χ4n) is 3.99. The molecule has 0 aromatic heterocycles. The first-order chi connectivity index (χ1) is 12.0. The van der Waals surface area contributed by atoms with Gasteiger partial charge in [0, 0.05) is 30.7 Å². The summed E-state index contributed by atoms with van der Waals surface area (Å²) >= 11 is 0. The average Bonchev–Trinajstić information content (AvgIpc) is 2.59. The third-order valence-corrected chi connectivity index (χ3v) is 5.12. The van der Waals surface area contributed by atoms with Gasteiger partial charge in [-0.2, -0.15) is 0 Å². The molecule has 2 N–H and O–H groups in total. The van der Waals surface area contributed by atoms with Crippen LogP contribution in [0.15, 0.2) is 30.3 Å². The quantitative estimate of drug-likeness (QED) is 0.833. The van der Waals surface area contributed by atoms with E-state index in [9.17, 15) is 24.6 Å². The summed E-state index contributed by atoms with van der Waals surface area (Å²) in [5.41, 5.74) is 1.95. The van der Waals surface area contributed by atoms with Gasteiger partial charge < -0.3 is 10.2 Å². The Hall–Kier alpha value is -2.95. The second-order valence-corrected chi connectivity index (χ2v) is 6.53. The number of aromatic hydroxyl groups is 2. The Morgan fingerprint density at radius 1 is 0.680 bits per heavy atom. The predicted molar refractivity (Wildman–Crippen MR) is 89.5 cm³/mol. The molecule has 1 atom stereocenters. The van der Waals surface area contributed by atoms with Crippen LogP contribution < -0.4 is 0 Å². The van der Waals surface area contributed by atoms with Crippen LogP contribution in [-0.4, -0.2) is 27.6 Å². The number of benzene rings is 2. The van der Waals surface area contributed by atoms with Crippen LogP contribution in [0.5, 0.6) is 11.5 Å². The Morgan fingerprint density at radius 3 is 2.04 bits per heavy atom. The molecule has 2 aliphatic rings. The van der Waals surface area contributed by atoms with Crippen molar-refractivity contribution >= 4 is 17.3 Å². The van der Waals surface area contributed by atoms with E-state index in [1.807, 2.05) is 0 Å². The molecular weight excluding hydrogens is 320 g/mol. The third kappa shape index (κ3) is 2.27. The molecular formula is C20H16O5. The van der Waals surface area contributed by atoms with Crippen molar-refractivity contribution in [1.82, 2.24) is 0 Å². The number of hydrogen-bond donors (Lipinski definition) is 2. The van der Waals surface area contributed by atoms with E-state index in [0.717, 1.165) is 0 Å². The van der Waals surface area contributed by atoms with Gasteiger partial charge in [-0.25, -0.2) is 0 Å². The maximum absolute atomic E-state index is 12.5. The summed E-state index contributed by atoms with van der Waals surface area (Å²) in [5, 5.41) is 20.2. The lowest BCUT2D eigenvalue weighted by atomic mass is 9.73. The van der Waals surface area contributed by atoms with E-state index in [-0.39, 0.29) is 70.7 Å². The first-order valence-electron chi connectivity index (χ1n) is 8.26. The van der Waals surface area contributed by atoms with Gasteiger partial charge in [0.05, 0.1) is 11.1 Å². The van der Waals surface area contributed by atoms with Crippen LogP contribution in [0.4, 0.5) is 0 Å². The fraction of sp³-hybridized carbons (Fsp3) is 0.250. The largest absolute Gasteiger partial charge is 0.507 e. The zero-order chi connectivity index (χ0) is 17.7. The van der Waals surface area contributed by atoms with Gasteiger partial charge >= 0.3 is 0 Å². The minimum Gasteiger partial charge on any atom is -0.507 e. The zero-order valence-electron chi connectivity index (χ0n) is 13.4. The predicted octanol–water partition coefficient (Wildman–Crippen LogP) is 3.37. The van der Waals surface area contributed by atoms with Crippen molar-refractivity contribution in [1.29, 1.82) is 0 Å². The first-order valence-corrected chi connectivity index (χ1v) is 8.26. The molecule has 2 aromatic carbocycles. The number of Topliss-reactive ketones (excluding diaryl/α,β-unsaturated/α-hetero) is 3. The monoisotopic (exact) mass is 336 g/mol. The fourth-order valence-corrected chi connectivity index (χ4v) is 3.99. The van der Waals surface area contributed by atoms with Crippen molar-refractivity contribution in [3.63, 3.8) is 0 Å². The Morgan fingerprint density at radius 2 is 1.28 bits per heavy atom. The maximum Gasteiger partial charge on any atom is 0.167 e. The van der Waals surface area contributed by atoms with Crippen LogP contribution >= 0.6 is 0 Å². The molecule has 0 unspecified atom stereocenters. The molecule has 0 heterocycles. The SMILES string of the molecule is O=C1CC[C@@H](c2ccc(O)c3c2C(=O)CCC3=O)c2cccc(O)c21. The van der Waals surface area contributed by atoms with Gasteiger partial charge in [-0.1, -0.05) is 18.2 Å². The first kappa shape index (κ1) is 15.6. The number of phenols is 2. The molecule has 0 aliphatic heterocycles. The summed E-state index contributed by atoms with van der Waals surface area (Å²) in [7, 11) is 0. The number of rotatable bonds is 1. The van der Waals surface area contributed by atoms with Crippen LogP contribution in [0.2, 0.25) is 0 Å². The average molecular weight is 336 g/mol. The summed E-state index contributed by atoms with van der Waals surface area (Å²) in [4.78, 5) is 37.0. The molecule has 5 nitrogen and oxygen atoms in total. The van der Waals surface area contributed by atoms with Gasteiger partial charge in [0.1, 0.15) is 11.5 Å². The molecule has 2 aromatic rings. The van der Waals surface area contributed by atoms with Crippen molar-refractivity contribution in [3.05, 3.63) is 58.1 Å². The summed E-state index contributed by atoms with van der Waals surface area (Å²) in [6.07, 6.45) is 0.977. The molecule has 25 heavy (non-hydrogen) atoms. The molecule has 126 valence electrons. The maximum atomic E-state index is 12.5. The van der Waals surface area contributed by atoms with Gasteiger partial charge in [-0.15, -0.1) is 0 Å². The summed E-state index contributed by atoms with van der Waals surface area (Å²) in [6, 6.07) is 7.99. The van der Waals surface area contributed by atoms with Crippen LogP contribution in [0.25, 0.3) is 0 Å². The summed E-state index contributed by atoms with van der Waals surface area (Å²) < 4.78 is 0. The molecule has 0 saturated heterocycles. The minimum atomic E-state index is -0.274. The molecule has 0 bridgehead atoms. The Kier molecular flexibility index (Phi) is 3.46. The second-order valence-electron chi connectivity index (χ2n) is 6.53. The second kappa shape index (κ2) is 5.55. The van der Waals surface area contributed by atoms with Crippen LogP contribution in [0, 0.1) is 0 Å². The van der Waals surface area contributed by atoms with Crippen LogP contribution in [-0.2, 0) is 0 Å². The summed E-state index contributed by atoms with van der Waals surface area (Å²) in [6.45, 7) is 0. The highest BCUT2D eigenvalue weighted by atomic mass is 16.3. The van der Waals surface area contributed by atoms with E-state index in [1.165, 1.54) is 12.1 Å². The van der Waals surface area contributed by atoms with Gasteiger partial charge in [0.25, 0.3) is 0 Å². The lowest BCUT2D eigenvalue weighted by Crippen LogP contribution is -2.23. The molecule has 0 fully saturated rings. The van der Waals surface area contributed by atoms with Gasteiger partial charge in [0.15, 0.2) is 17.3 Å². The Balaban J connectivity index is 1.96.